The third-order valence-corrected chi connectivity index (χ3v) is 4.51. The summed E-state index contributed by atoms with van der Waals surface area (Å²) in [5.41, 5.74) is 0.0332. The highest BCUT2D eigenvalue weighted by molar-refractivity contribution is 5.41. The topological polar surface area (TPSA) is 47.5 Å². The summed E-state index contributed by atoms with van der Waals surface area (Å²) in [5.74, 6) is 1.62. The van der Waals surface area contributed by atoms with Crippen molar-refractivity contribution >= 4 is 5.82 Å². The van der Waals surface area contributed by atoms with Gasteiger partial charge in [0.2, 0.25) is 5.88 Å². The van der Waals surface area contributed by atoms with Crippen molar-refractivity contribution in [3.05, 3.63) is 12.4 Å². The van der Waals surface area contributed by atoms with E-state index in [-0.39, 0.29) is 5.60 Å². The summed E-state index contributed by atoms with van der Waals surface area (Å²) in [4.78, 5) is 10.9. The fraction of sp³-hybridized carbons (Fsp3) is 0.750. The van der Waals surface area contributed by atoms with Crippen molar-refractivity contribution in [3.8, 4) is 5.88 Å². The summed E-state index contributed by atoms with van der Waals surface area (Å²) in [5, 5.41) is 0. The lowest BCUT2D eigenvalue weighted by atomic mass is 9.92. The second-order valence-electron chi connectivity index (χ2n) is 6.01. The zero-order valence-corrected chi connectivity index (χ0v) is 12.9. The van der Waals surface area contributed by atoms with Crippen molar-refractivity contribution in [1.29, 1.82) is 0 Å². The fourth-order valence-electron chi connectivity index (χ4n) is 3.45. The van der Waals surface area contributed by atoms with Crippen molar-refractivity contribution in [2.75, 3.05) is 31.2 Å². The minimum absolute atomic E-state index is 0.0332. The third-order valence-electron chi connectivity index (χ3n) is 4.51. The van der Waals surface area contributed by atoms with E-state index >= 15 is 0 Å². The van der Waals surface area contributed by atoms with Crippen molar-refractivity contribution in [2.24, 2.45) is 0 Å². The fourth-order valence-corrected chi connectivity index (χ4v) is 3.45. The summed E-state index contributed by atoms with van der Waals surface area (Å²) in [7, 11) is 0. The number of morpholine rings is 1. The summed E-state index contributed by atoms with van der Waals surface area (Å²) < 4.78 is 11.7. The van der Waals surface area contributed by atoms with Crippen LogP contribution in [-0.2, 0) is 4.74 Å². The van der Waals surface area contributed by atoms with Gasteiger partial charge in [0.25, 0.3) is 0 Å². The Labute approximate surface area is 126 Å². The van der Waals surface area contributed by atoms with Gasteiger partial charge in [-0.1, -0.05) is 25.7 Å². The summed E-state index contributed by atoms with van der Waals surface area (Å²) >= 11 is 0. The van der Waals surface area contributed by atoms with Crippen LogP contribution in [0.25, 0.3) is 0 Å². The van der Waals surface area contributed by atoms with Gasteiger partial charge in [-0.05, 0) is 19.8 Å². The molecule has 5 nitrogen and oxygen atoms in total. The molecule has 0 atom stereocenters. The van der Waals surface area contributed by atoms with Gasteiger partial charge in [-0.15, -0.1) is 0 Å². The van der Waals surface area contributed by atoms with Crippen LogP contribution in [0.4, 0.5) is 5.82 Å². The quantitative estimate of drug-likeness (QED) is 0.857. The van der Waals surface area contributed by atoms with Crippen LogP contribution in [0.15, 0.2) is 12.4 Å². The molecule has 1 saturated carbocycles. The molecule has 3 rings (SSSR count). The monoisotopic (exact) mass is 291 g/mol. The molecule has 5 heteroatoms. The summed E-state index contributed by atoms with van der Waals surface area (Å²) in [6.45, 7) is 5.22. The van der Waals surface area contributed by atoms with Gasteiger partial charge in [0.1, 0.15) is 12.1 Å². The Morgan fingerprint density at radius 1 is 1.24 bits per heavy atom. The van der Waals surface area contributed by atoms with Gasteiger partial charge in [-0.25, -0.2) is 9.97 Å². The molecule has 1 spiro atoms. The second kappa shape index (κ2) is 6.60. The molecule has 2 aliphatic rings. The van der Waals surface area contributed by atoms with E-state index in [9.17, 15) is 0 Å². The van der Waals surface area contributed by atoms with Crippen LogP contribution in [0, 0.1) is 0 Å². The molecule has 21 heavy (non-hydrogen) atoms. The Balaban J connectivity index is 1.74. The van der Waals surface area contributed by atoms with E-state index in [0.29, 0.717) is 12.5 Å². The van der Waals surface area contributed by atoms with E-state index in [2.05, 4.69) is 14.9 Å². The second-order valence-corrected chi connectivity index (χ2v) is 6.01. The van der Waals surface area contributed by atoms with Crippen molar-refractivity contribution < 1.29 is 9.47 Å². The van der Waals surface area contributed by atoms with Crippen LogP contribution in [0.1, 0.15) is 45.4 Å². The maximum absolute atomic E-state index is 6.20. The average molecular weight is 291 g/mol. The number of anilines is 1. The highest BCUT2D eigenvalue weighted by atomic mass is 16.5. The van der Waals surface area contributed by atoms with Crippen molar-refractivity contribution in [1.82, 2.24) is 9.97 Å². The molecule has 0 aromatic carbocycles. The molecule has 2 heterocycles. The lowest BCUT2D eigenvalue weighted by molar-refractivity contribution is -0.0654. The molecule has 1 aliphatic carbocycles. The Bertz CT molecular complexity index is 459. The molecule has 0 bridgehead atoms. The molecule has 0 radical (unpaired) electrons. The van der Waals surface area contributed by atoms with Gasteiger partial charge in [0.05, 0.1) is 18.8 Å². The minimum atomic E-state index is 0.0332. The lowest BCUT2D eigenvalue weighted by Gasteiger charge is -2.43. The first-order valence-corrected chi connectivity index (χ1v) is 8.15. The van der Waals surface area contributed by atoms with E-state index in [1.807, 2.05) is 13.0 Å². The molecule has 0 N–H and O–H groups in total. The molecule has 1 saturated heterocycles. The number of hydrogen-bond donors (Lipinski definition) is 0. The molecule has 1 aliphatic heterocycles. The number of rotatable bonds is 3. The van der Waals surface area contributed by atoms with Gasteiger partial charge < -0.3 is 14.4 Å². The van der Waals surface area contributed by atoms with Crippen LogP contribution in [0.5, 0.6) is 5.88 Å². The minimum Gasteiger partial charge on any atom is -0.478 e. The number of nitrogens with zero attached hydrogens (tertiary/aromatic N) is 3. The lowest BCUT2D eigenvalue weighted by Crippen LogP contribution is -2.52. The first-order valence-electron chi connectivity index (χ1n) is 8.15. The van der Waals surface area contributed by atoms with Crippen molar-refractivity contribution in [3.63, 3.8) is 0 Å². The molecule has 0 amide bonds. The van der Waals surface area contributed by atoms with Crippen LogP contribution in [-0.4, -0.2) is 41.9 Å². The van der Waals surface area contributed by atoms with Gasteiger partial charge in [-0.2, -0.15) is 0 Å². The number of hydrogen-bond acceptors (Lipinski definition) is 5. The molecule has 116 valence electrons. The summed E-state index contributed by atoms with van der Waals surface area (Å²) in [6.07, 6.45) is 9.18. The van der Waals surface area contributed by atoms with E-state index < -0.39 is 0 Å². The first kappa shape index (κ1) is 14.6. The highest BCUT2D eigenvalue weighted by Gasteiger charge is 2.37. The smallest absolute Gasteiger partial charge is 0.218 e. The maximum Gasteiger partial charge on any atom is 0.218 e. The molecule has 0 unspecified atom stereocenters. The zero-order valence-electron chi connectivity index (χ0n) is 12.9. The van der Waals surface area contributed by atoms with Crippen LogP contribution >= 0.6 is 0 Å². The van der Waals surface area contributed by atoms with Crippen LogP contribution in [0.2, 0.25) is 0 Å². The van der Waals surface area contributed by atoms with Gasteiger partial charge in [0.15, 0.2) is 0 Å². The normalized spacial score (nSPS) is 22.0. The largest absolute Gasteiger partial charge is 0.478 e. The summed E-state index contributed by atoms with van der Waals surface area (Å²) in [6, 6.07) is 1.94. The molecule has 2 fully saturated rings. The SMILES string of the molecule is CCOc1cc(N2CCOC3(CCCCCC3)C2)ncn1. The van der Waals surface area contributed by atoms with E-state index in [1.165, 1.54) is 38.5 Å². The Hall–Kier alpha value is -1.36. The highest BCUT2D eigenvalue weighted by Crippen LogP contribution is 2.34. The van der Waals surface area contributed by atoms with Gasteiger partial charge in [-0.3, -0.25) is 0 Å². The third kappa shape index (κ3) is 3.46. The van der Waals surface area contributed by atoms with E-state index in [4.69, 9.17) is 9.47 Å². The Morgan fingerprint density at radius 2 is 2.05 bits per heavy atom. The molecule has 1 aromatic rings. The molecular weight excluding hydrogens is 266 g/mol. The predicted molar refractivity (Wildman–Crippen MR) is 81.8 cm³/mol. The molecule has 1 aromatic heterocycles. The Kier molecular flexibility index (Phi) is 4.58. The molecular formula is C16H25N3O2. The van der Waals surface area contributed by atoms with Crippen molar-refractivity contribution in [2.45, 2.75) is 51.0 Å². The predicted octanol–water partition coefficient (Wildman–Crippen LogP) is 2.80. The number of ether oxygens (including phenoxy) is 2. The van der Waals surface area contributed by atoms with E-state index in [1.54, 1.807) is 6.33 Å². The van der Waals surface area contributed by atoms with Crippen LogP contribution in [0.3, 0.4) is 0 Å². The first-order chi connectivity index (χ1) is 10.3. The zero-order chi connectivity index (χ0) is 14.5. The Morgan fingerprint density at radius 3 is 2.81 bits per heavy atom. The average Bonchev–Trinajstić information content (AvgIpc) is 2.74. The van der Waals surface area contributed by atoms with E-state index in [0.717, 1.165) is 25.5 Å². The van der Waals surface area contributed by atoms with Gasteiger partial charge >= 0.3 is 0 Å². The number of aromatic nitrogens is 2. The van der Waals surface area contributed by atoms with Crippen LogP contribution < -0.4 is 9.64 Å². The standard InChI is InChI=1S/C16H25N3O2/c1-2-20-15-11-14(17-13-18-15)19-9-10-21-16(12-19)7-5-3-4-6-8-16/h11,13H,2-10,12H2,1H3. The van der Waals surface area contributed by atoms with Gasteiger partial charge in [0, 0.05) is 19.2 Å². The maximum atomic E-state index is 6.20.